The summed E-state index contributed by atoms with van der Waals surface area (Å²) in [5.41, 5.74) is 1.09. The van der Waals surface area contributed by atoms with Crippen LogP contribution in [0.5, 0.6) is 0 Å². The van der Waals surface area contributed by atoms with Crippen molar-refractivity contribution in [3.8, 4) is 0 Å². The molecule has 0 aliphatic heterocycles. The van der Waals surface area contributed by atoms with Gasteiger partial charge in [-0.2, -0.15) is 0 Å². The van der Waals surface area contributed by atoms with E-state index < -0.39 is 0 Å². The second-order valence-electron chi connectivity index (χ2n) is 3.53. The summed E-state index contributed by atoms with van der Waals surface area (Å²) in [6.07, 6.45) is 3.45. The van der Waals surface area contributed by atoms with Crippen molar-refractivity contribution >= 4 is 21.7 Å². The van der Waals surface area contributed by atoms with Gasteiger partial charge in [0, 0.05) is 17.7 Å². The Bertz CT molecular complexity index is 494. The molecule has 1 N–H and O–H groups in total. The fourth-order valence-corrected chi connectivity index (χ4v) is 1.80. The SMILES string of the molecule is Cc1cc(Br)cnc1NCc1nncn1C. The normalized spacial score (nSPS) is 10.4. The first-order chi connectivity index (χ1) is 7.66. The molecule has 0 fully saturated rings. The number of rotatable bonds is 3. The lowest BCUT2D eigenvalue weighted by Gasteiger charge is -2.07. The largest absolute Gasteiger partial charge is 0.363 e. The lowest BCUT2D eigenvalue weighted by molar-refractivity contribution is 0.809. The zero-order chi connectivity index (χ0) is 11.5. The first kappa shape index (κ1) is 11.1. The minimum absolute atomic E-state index is 0.617. The second-order valence-corrected chi connectivity index (χ2v) is 4.45. The molecule has 0 saturated carbocycles. The molecule has 0 aliphatic rings. The molecule has 2 aromatic rings. The molecule has 5 nitrogen and oxygen atoms in total. The van der Waals surface area contributed by atoms with E-state index >= 15 is 0 Å². The fourth-order valence-electron chi connectivity index (χ4n) is 1.36. The molecule has 0 spiro atoms. The molecule has 0 atom stereocenters. The van der Waals surface area contributed by atoms with Crippen LogP contribution in [0.25, 0.3) is 0 Å². The lowest BCUT2D eigenvalue weighted by atomic mass is 10.3. The Morgan fingerprint density at radius 2 is 2.31 bits per heavy atom. The van der Waals surface area contributed by atoms with Crippen LogP contribution >= 0.6 is 15.9 Å². The van der Waals surface area contributed by atoms with Crippen molar-refractivity contribution in [3.05, 3.63) is 34.5 Å². The predicted octanol–water partition coefficient (Wildman–Crippen LogP) is 1.89. The maximum Gasteiger partial charge on any atom is 0.151 e. The van der Waals surface area contributed by atoms with Gasteiger partial charge < -0.3 is 9.88 Å². The van der Waals surface area contributed by atoms with Crippen molar-refractivity contribution < 1.29 is 0 Å². The summed E-state index contributed by atoms with van der Waals surface area (Å²) in [6.45, 7) is 2.63. The van der Waals surface area contributed by atoms with Crippen LogP contribution in [-0.4, -0.2) is 19.7 Å². The van der Waals surface area contributed by atoms with Gasteiger partial charge in [-0.25, -0.2) is 4.98 Å². The fraction of sp³-hybridized carbons (Fsp3) is 0.300. The van der Waals surface area contributed by atoms with Crippen molar-refractivity contribution in [1.82, 2.24) is 19.7 Å². The number of aryl methyl sites for hydroxylation is 2. The van der Waals surface area contributed by atoms with Crippen LogP contribution < -0.4 is 5.32 Å². The number of nitrogens with one attached hydrogen (secondary N) is 1. The van der Waals surface area contributed by atoms with Gasteiger partial charge in [0.05, 0.1) is 6.54 Å². The summed E-state index contributed by atoms with van der Waals surface area (Å²) >= 11 is 3.38. The van der Waals surface area contributed by atoms with E-state index in [9.17, 15) is 0 Å². The topological polar surface area (TPSA) is 55.6 Å². The van der Waals surface area contributed by atoms with Crippen molar-refractivity contribution in [2.24, 2.45) is 7.05 Å². The summed E-state index contributed by atoms with van der Waals surface area (Å²) in [6, 6.07) is 2.02. The Hall–Kier alpha value is -1.43. The van der Waals surface area contributed by atoms with Gasteiger partial charge in [0.1, 0.15) is 12.1 Å². The van der Waals surface area contributed by atoms with E-state index in [0.717, 1.165) is 21.7 Å². The van der Waals surface area contributed by atoms with Crippen LogP contribution in [0, 0.1) is 6.92 Å². The molecule has 2 heterocycles. The van der Waals surface area contributed by atoms with E-state index in [-0.39, 0.29) is 0 Å². The van der Waals surface area contributed by atoms with Gasteiger partial charge >= 0.3 is 0 Å². The average molecular weight is 282 g/mol. The Balaban J connectivity index is 2.08. The van der Waals surface area contributed by atoms with Crippen molar-refractivity contribution in [2.75, 3.05) is 5.32 Å². The molecule has 0 bridgehead atoms. The minimum Gasteiger partial charge on any atom is -0.363 e. The lowest BCUT2D eigenvalue weighted by Crippen LogP contribution is -2.07. The molecular weight excluding hydrogens is 270 g/mol. The third-order valence-electron chi connectivity index (χ3n) is 2.26. The maximum atomic E-state index is 4.29. The van der Waals surface area contributed by atoms with Gasteiger partial charge in [0.25, 0.3) is 0 Å². The number of anilines is 1. The van der Waals surface area contributed by atoms with E-state index in [4.69, 9.17) is 0 Å². The Morgan fingerprint density at radius 3 is 2.94 bits per heavy atom. The molecule has 84 valence electrons. The molecule has 2 rings (SSSR count). The molecule has 0 unspecified atom stereocenters. The van der Waals surface area contributed by atoms with Gasteiger partial charge in [-0.1, -0.05) is 0 Å². The van der Waals surface area contributed by atoms with E-state index in [2.05, 4.69) is 36.4 Å². The summed E-state index contributed by atoms with van der Waals surface area (Å²) in [7, 11) is 1.92. The van der Waals surface area contributed by atoms with Crippen molar-refractivity contribution in [3.63, 3.8) is 0 Å². The molecule has 0 saturated heterocycles. The maximum absolute atomic E-state index is 4.29. The van der Waals surface area contributed by atoms with Gasteiger partial charge in [-0.3, -0.25) is 0 Å². The van der Waals surface area contributed by atoms with Crippen LogP contribution in [0.2, 0.25) is 0 Å². The zero-order valence-corrected chi connectivity index (χ0v) is 10.7. The van der Waals surface area contributed by atoms with E-state index in [1.807, 2.05) is 24.6 Å². The summed E-state index contributed by atoms with van der Waals surface area (Å²) in [5, 5.41) is 11.0. The smallest absolute Gasteiger partial charge is 0.151 e. The van der Waals surface area contributed by atoms with Gasteiger partial charge in [0.15, 0.2) is 5.82 Å². The van der Waals surface area contributed by atoms with E-state index in [0.29, 0.717) is 6.54 Å². The van der Waals surface area contributed by atoms with E-state index in [1.54, 1.807) is 12.5 Å². The Kier molecular flexibility index (Phi) is 3.19. The van der Waals surface area contributed by atoms with Gasteiger partial charge in [0.2, 0.25) is 0 Å². The first-order valence-corrected chi connectivity index (χ1v) is 5.65. The van der Waals surface area contributed by atoms with E-state index in [1.165, 1.54) is 0 Å². The van der Waals surface area contributed by atoms with Crippen LogP contribution in [0.15, 0.2) is 23.1 Å². The number of aromatic nitrogens is 4. The Labute approximate surface area is 102 Å². The standard InChI is InChI=1S/C10H12BrN5/c1-7-3-8(11)4-12-10(7)13-5-9-15-14-6-16(9)2/h3-4,6H,5H2,1-2H3,(H,12,13). The van der Waals surface area contributed by atoms with Crippen molar-refractivity contribution in [1.29, 1.82) is 0 Å². The molecule has 16 heavy (non-hydrogen) atoms. The molecule has 0 radical (unpaired) electrons. The zero-order valence-electron chi connectivity index (χ0n) is 9.11. The predicted molar refractivity (Wildman–Crippen MR) is 65.0 cm³/mol. The second kappa shape index (κ2) is 4.61. The molecular formula is C10H12BrN5. The van der Waals surface area contributed by atoms with Crippen molar-refractivity contribution in [2.45, 2.75) is 13.5 Å². The molecule has 0 amide bonds. The third-order valence-corrected chi connectivity index (χ3v) is 2.70. The summed E-state index contributed by atoms with van der Waals surface area (Å²) in [4.78, 5) is 4.29. The highest BCUT2D eigenvalue weighted by molar-refractivity contribution is 9.10. The molecule has 6 heteroatoms. The highest BCUT2D eigenvalue weighted by Crippen LogP contribution is 2.16. The number of hydrogen-bond acceptors (Lipinski definition) is 4. The molecule has 0 aromatic carbocycles. The highest BCUT2D eigenvalue weighted by atomic mass is 79.9. The first-order valence-electron chi connectivity index (χ1n) is 4.85. The molecule has 2 aromatic heterocycles. The minimum atomic E-state index is 0.617. The Morgan fingerprint density at radius 1 is 1.50 bits per heavy atom. The third kappa shape index (κ3) is 2.38. The van der Waals surface area contributed by atoms with Crippen LogP contribution in [0.1, 0.15) is 11.4 Å². The van der Waals surface area contributed by atoms with Crippen LogP contribution in [0.4, 0.5) is 5.82 Å². The summed E-state index contributed by atoms with van der Waals surface area (Å²) < 4.78 is 2.86. The number of hydrogen-bond donors (Lipinski definition) is 1. The highest BCUT2D eigenvalue weighted by Gasteiger charge is 2.03. The quantitative estimate of drug-likeness (QED) is 0.934. The summed E-state index contributed by atoms with van der Waals surface area (Å²) in [5.74, 6) is 1.75. The average Bonchev–Trinajstić information content (AvgIpc) is 2.63. The van der Waals surface area contributed by atoms with Crippen LogP contribution in [-0.2, 0) is 13.6 Å². The number of pyridine rings is 1. The monoisotopic (exact) mass is 281 g/mol. The molecule has 0 aliphatic carbocycles. The number of halogens is 1. The van der Waals surface area contributed by atoms with Crippen LogP contribution in [0.3, 0.4) is 0 Å². The van der Waals surface area contributed by atoms with Gasteiger partial charge in [-0.05, 0) is 34.5 Å². The number of nitrogens with zero attached hydrogens (tertiary/aromatic N) is 4. The van der Waals surface area contributed by atoms with Gasteiger partial charge in [-0.15, -0.1) is 10.2 Å².